The van der Waals surface area contributed by atoms with Crippen LogP contribution in [0.2, 0.25) is 0 Å². The van der Waals surface area contributed by atoms with Gasteiger partial charge in [-0.25, -0.2) is 0 Å². The van der Waals surface area contributed by atoms with Gasteiger partial charge in [-0.15, -0.1) is 0 Å². The average molecular weight is 614 g/mol. The van der Waals surface area contributed by atoms with E-state index < -0.39 is 0 Å². The van der Waals surface area contributed by atoms with Crippen molar-refractivity contribution in [2.45, 2.75) is 0 Å². The molecule has 8 aromatic carbocycles. The second kappa shape index (κ2) is 11.8. The number of benzene rings is 8. The first-order valence-corrected chi connectivity index (χ1v) is 16.3. The Bertz CT molecular complexity index is 2510. The summed E-state index contributed by atoms with van der Waals surface area (Å²) in [6.07, 6.45) is 0. The zero-order chi connectivity index (χ0) is 31.9. The Balaban J connectivity index is 1.06. The number of hydrogen-bond donors (Lipinski definition) is 0. The minimum Gasteiger partial charge on any atom is -0.456 e. The van der Waals surface area contributed by atoms with Crippen molar-refractivity contribution < 1.29 is 4.42 Å². The Kier molecular flexibility index (Phi) is 6.84. The van der Waals surface area contributed by atoms with Gasteiger partial charge in [0.1, 0.15) is 11.2 Å². The SMILES string of the molecule is c1ccc(-c2ccc3oc4ccc(-c5cccc(-c6ccc7cc(N(c8ccccc8)c8ccccc8)ccc7c6)c5)cc4c3c2)cc1. The Morgan fingerprint density at radius 1 is 0.292 bits per heavy atom. The zero-order valence-corrected chi connectivity index (χ0v) is 26.3. The fourth-order valence-electron chi connectivity index (χ4n) is 6.80. The molecule has 0 fully saturated rings. The first-order valence-electron chi connectivity index (χ1n) is 16.3. The van der Waals surface area contributed by atoms with Gasteiger partial charge in [-0.3, -0.25) is 0 Å². The van der Waals surface area contributed by atoms with Crippen LogP contribution in [0, 0.1) is 0 Å². The van der Waals surface area contributed by atoms with E-state index in [4.69, 9.17) is 4.42 Å². The maximum Gasteiger partial charge on any atom is 0.135 e. The van der Waals surface area contributed by atoms with Crippen LogP contribution in [0.1, 0.15) is 0 Å². The standard InChI is InChI=1S/C46H31NO/c1-4-11-32(12-5-1)38-22-25-45-43(30-38)44-31-39(23-26-46(44)48-45)34-14-10-13-33(27-34)35-19-20-37-29-42(24-21-36(37)28-35)47(40-15-6-2-7-16-40)41-17-8-3-9-18-41/h1-31H. The summed E-state index contributed by atoms with van der Waals surface area (Å²) < 4.78 is 6.24. The lowest BCUT2D eigenvalue weighted by Gasteiger charge is -2.25. The summed E-state index contributed by atoms with van der Waals surface area (Å²) in [5.74, 6) is 0. The van der Waals surface area contributed by atoms with Crippen LogP contribution in [-0.4, -0.2) is 0 Å². The van der Waals surface area contributed by atoms with E-state index in [1.54, 1.807) is 0 Å². The lowest BCUT2D eigenvalue weighted by Crippen LogP contribution is -2.09. The molecule has 9 aromatic rings. The van der Waals surface area contributed by atoms with Crippen molar-refractivity contribution in [1.82, 2.24) is 0 Å². The molecule has 0 bridgehead atoms. The van der Waals surface area contributed by atoms with Gasteiger partial charge in [0.05, 0.1) is 0 Å². The third-order valence-corrected chi connectivity index (χ3v) is 9.22. The minimum atomic E-state index is 0.905. The predicted molar refractivity (Wildman–Crippen MR) is 202 cm³/mol. The van der Waals surface area contributed by atoms with E-state index >= 15 is 0 Å². The van der Waals surface area contributed by atoms with Crippen LogP contribution in [0.4, 0.5) is 17.1 Å². The summed E-state index contributed by atoms with van der Waals surface area (Å²) in [7, 11) is 0. The summed E-state index contributed by atoms with van der Waals surface area (Å²) in [6, 6.07) is 66.9. The van der Waals surface area contributed by atoms with Gasteiger partial charge < -0.3 is 9.32 Å². The molecule has 1 heterocycles. The Hall–Kier alpha value is -6.38. The van der Waals surface area contributed by atoms with E-state index in [0.29, 0.717) is 0 Å². The number of para-hydroxylation sites is 2. The van der Waals surface area contributed by atoms with Crippen molar-refractivity contribution in [3.05, 3.63) is 188 Å². The fraction of sp³-hybridized carbons (Fsp3) is 0. The van der Waals surface area contributed by atoms with Gasteiger partial charge in [-0.2, -0.15) is 0 Å². The number of rotatable bonds is 6. The predicted octanol–water partition coefficient (Wildman–Crippen LogP) is 13.2. The first kappa shape index (κ1) is 27.9. The van der Waals surface area contributed by atoms with Crippen LogP contribution >= 0.6 is 0 Å². The molecule has 0 spiro atoms. The molecule has 2 heteroatoms. The van der Waals surface area contributed by atoms with Crippen molar-refractivity contribution in [2.75, 3.05) is 4.90 Å². The number of furan rings is 1. The topological polar surface area (TPSA) is 16.4 Å². The largest absolute Gasteiger partial charge is 0.456 e. The molecule has 0 aliphatic carbocycles. The summed E-state index contributed by atoms with van der Waals surface area (Å²) in [5.41, 5.74) is 12.3. The second-order valence-electron chi connectivity index (χ2n) is 12.2. The molecular weight excluding hydrogens is 583 g/mol. The number of anilines is 3. The zero-order valence-electron chi connectivity index (χ0n) is 26.3. The van der Waals surface area contributed by atoms with Gasteiger partial charge in [0.2, 0.25) is 0 Å². The summed E-state index contributed by atoms with van der Waals surface area (Å²) in [5, 5.41) is 4.68. The minimum absolute atomic E-state index is 0.905. The Labute approximate surface area is 279 Å². The molecule has 48 heavy (non-hydrogen) atoms. The molecule has 2 nitrogen and oxygen atoms in total. The summed E-state index contributed by atoms with van der Waals surface area (Å²) in [6.45, 7) is 0. The number of nitrogens with zero attached hydrogens (tertiary/aromatic N) is 1. The molecule has 0 atom stereocenters. The quantitative estimate of drug-likeness (QED) is 0.185. The van der Waals surface area contributed by atoms with Gasteiger partial charge in [-0.05, 0) is 117 Å². The lowest BCUT2D eigenvalue weighted by atomic mass is 9.96. The molecule has 0 unspecified atom stereocenters. The van der Waals surface area contributed by atoms with Crippen LogP contribution < -0.4 is 4.90 Å². The van der Waals surface area contributed by atoms with Gasteiger partial charge >= 0.3 is 0 Å². The van der Waals surface area contributed by atoms with E-state index in [1.165, 1.54) is 44.2 Å². The van der Waals surface area contributed by atoms with E-state index in [1.807, 2.05) is 0 Å². The molecule has 0 saturated heterocycles. The van der Waals surface area contributed by atoms with Crippen molar-refractivity contribution >= 4 is 49.8 Å². The third kappa shape index (κ3) is 5.10. The van der Waals surface area contributed by atoms with Crippen LogP contribution in [0.15, 0.2) is 192 Å². The van der Waals surface area contributed by atoms with Gasteiger partial charge in [0.25, 0.3) is 0 Å². The van der Waals surface area contributed by atoms with E-state index in [-0.39, 0.29) is 0 Å². The molecule has 0 N–H and O–H groups in total. The fourth-order valence-corrected chi connectivity index (χ4v) is 6.80. The van der Waals surface area contributed by atoms with Crippen LogP contribution in [-0.2, 0) is 0 Å². The summed E-state index contributed by atoms with van der Waals surface area (Å²) in [4.78, 5) is 2.30. The maximum atomic E-state index is 6.24. The smallest absolute Gasteiger partial charge is 0.135 e. The van der Waals surface area contributed by atoms with E-state index in [9.17, 15) is 0 Å². The Morgan fingerprint density at radius 3 is 1.38 bits per heavy atom. The average Bonchev–Trinajstić information content (AvgIpc) is 3.53. The molecule has 0 saturated carbocycles. The van der Waals surface area contributed by atoms with Crippen LogP contribution in [0.25, 0.3) is 66.1 Å². The number of hydrogen-bond acceptors (Lipinski definition) is 2. The van der Waals surface area contributed by atoms with Crippen molar-refractivity contribution in [3.8, 4) is 33.4 Å². The second-order valence-corrected chi connectivity index (χ2v) is 12.2. The van der Waals surface area contributed by atoms with Gasteiger partial charge in [0, 0.05) is 27.8 Å². The van der Waals surface area contributed by atoms with E-state index in [2.05, 4.69) is 193 Å². The molecule has 1 aromatic heterocycles. The van der Waals surface area contributed by atoms with Crippen molar-refractivity contribution in [3.63, 3.8) is 0 Å². The van der Waals surface area contributed by atoms with Gasteiger partial charge in [0.15, 0.2) is 0 Å². The normalized spacial score (nSPS) is 11.3. The molecule has 0 aliphatic rings. The highest BCUT2D eigenvalue weighted by Gasteiger charge is 2.14. The van der Waals surface area contributed by atoms with Crippen LogP contribution in [0.5, 0.6) is 0 Å². The third-order valence-electron chi connectivity index (χ3n) is 9.22. The van der Waals surface area contributed by atoms with E-state index in [0.717, 1.165) is 39.0 Å². The lowest BCUT2D eigenvalue weighted by molar-refractivity contribution is 0.669. The monoisotopic (exact) mass is 613 g/mol. The van der Waals surface area contributed by atoms with Crippen LogP contribution in [0.3, 0.4) is 0 Å². The maximum absolute atomic E-state index is 6.24. The van der Waals surface area contributed by atoms with Crippen molar-refractivity contribution in [2.24, 2.45) is 0 Å². The molecule has 9 rings (SSSR count). The highest BCUT2D eigenvalue weighted by molar-refractivity contribution is 6.07. The summed E-state index contributed by atoms with van der Waals surface area (Å²) >= 11 is 0. The molecule has 0 radical (unpaired) electrons. The number of fused-ring (bicyclic) bond motifs is 4. The highest BCUT2D eigenvalue weighted by atomic mass is 16.3. The Morgan fingerprint density at radius 2 is 0.750 bits per heavy atom. The highest BCUT2D eigenvalue weighted by Crippen LogP contribution is 2.38. The molecule has 0 amide bonds. The van der Waals surface area contributed by atoms with Gasteiger partial charge in [-0.1, -0.05) is 115 Å². The molecular formula is C46H31NO. The van der Waals surface area contributed by atoms with Crippen molar-refractivity contribution in [1.29, 1.82) is 0 Å². The molecule has 0 aliphatic heterocycles. The molecule has 226 valence electrons. The first-order chi connectivity index (χ1) is 23.8.